The van der Waals surface area contributed by atoms with Crippen molar-refractivity contribution < 1.29 is 13.2 Å². The van der Waals surface area contributed by atoms with Gasteiger partial charge in [0.15, 0.2) is 5.69 Å². The first-order chi connectivity index (χ1) is 8.71. The molecule has 0 fully saturated rings. The molecule has 0 aliphatic heterocycles. The fourth-order valence-corrected chi connectivity index (χ4v) is 1.88. The smallest absolute Gasteiger partial charge is 0.269 e. The van der Waals surface area contributed by atoms with Crippen molar-refractivity contribution in [3.63, 3.8) is 0 Å². The minimum atomic E-state index is -4.62. The molecule has 0 N–H and O–H groups in total. The maximum atomic E-state index is 12.8. The van der Waals surface area contributed by atoms with Crippen LogP contribution in [0, 0.1) is 6.92 Å². The van der Waals surface area contributed by atoms with Gasteiger partial charge in [0.05, 0.1) is 0 Å². The van der Waals surface area contributed by atoms with Gasteiger partial charge in [-0.15, -0.1) is 0 Å². The van der Waals surface area contributed by atoms with Gasteiger partial charge in [-0.05, 0) is 30.5 Å². The summed E-state index contributed by atoms with van der Waals surface area (Å²) in [6.07, 6.45) is -3.15. The van der Waals surface area contributed by atoms with Gasteiger partial charge in [-0.3, -0.25) is 9.20 Å². The fourth-order valence-electron chi connectivity index (χ4n) is 1.88. The topological polar surface area (TPSA) is 34.4 Å². The van der Waals surface area contributed by atoms with E-state index in [-0.39, 0.29) is 17.1 Å². The summed E-state index contributed by atoms with van der Waals surface area (Å²) in [6, 6.07) is 3.23. The number of halogens is 3. The van der Waals surface area contributed by atoms with Crippen molar-refractivity contribution in [1.29, 1.82) is 0 Å². The van der Waals surface area contributed by atoms with E-state index in [1.807, 2.05) is 13.8 Å². The van der Waals surface area contributed by atoms with Gasteiger partial charge in [0, 0.05) is 11.8 Å². The lowest BCUT2D eigenvalue weighted by atomic mass is 10.1. The molecule has 0 saturated heterocycles. The van der Waals surface area contributed by atoms with Crippen molar-refractivity contribution in [2.24, 2.45) is 0 Å². The van der Waals surface area contributed by atoms with Gasteiger partial charge in [0.2, 0.25) is 0 Å². The Balaban J connectivity index is 2.82. The average Bonchev–Trinajstić information content (AvgIpc) is 2.31. The summed E-state index contributed by atoms with van der Waals surface area (Å²) < 4.78 is 39.6. The lowest BCUT2D eigenvalue weighted by Gasteiger charge is -2.12. The third kappa shape index (κ3) is 2.34. The van der Waals surface area contributed by atoms with Crippen molar-refractivity contribution in [2.45, 2.75) is 32.9 Å². The zero-order valence-electron chi connectivity index (χ0n) is 10.7. The van der Waals surface area contributed by atoms with Crippen LogP contribution in [-0.2, 0) is 6.18 Å². The van der Waals surface area contributed by atoms with Crippen LogP contribution in [0.1, 0.15) is 36.6 Å². The van der Waals surface area contributed by atoms with Crippen LogP contribution in [0.5, 0.6) is 0 Å². The summed E-state index contributed by atoms with van der Waals surface area (Å²) in [7, 11) is 0. The molecule has 19 heavy (non-hydrogen) atoms. The minimum absolute atomic E-state index is 0.0223. The molecule has 0 spiro atoms. The Morgan fingerprint density at radius 3 is 2.47 bits per heavy atom. The number of nitrogens with zero attached hydrogens (tertiary/aromatic N) is 2. The van der Waals surface area contributed by atoms with Crippen LogP contribution in [0.4, 0.5) is 13.2 Å². The molecular weight excluding hydrogens is 257 g/mol. The first-order valence-electron chi connectivity index (χ1n) is 5.82. The highest BCUT2D eigenvalue weighted by molar-refractivity contribution is 5.44. The summed E-state index contributed by atoms with van der Waals surface area (Å²) in [5.74, 6) is 0.151. The Labute approximate surface area is 107 Å². The molecule has 2 aromatic heterocycles. The summed E-state index contributed by atoms with van der Waals surface area (Å²) >= 11 is 0. The lowest BCUT2D eigenvalue weighted by Crippen LogP contribution is -2.24. The highest BCUT2D eigenvalue weighted by atomic mass is 19.4. The van der Waals surface area contributed by atoms with Crippen LogP contribution < -0.4 is 5.56 Å². The lowest BCUT2D eigenvalue weighted by molar-refractivity contribution is -0.141. The standard InChI is InChI=1S/C13H13F3N2O/c1-7(2)9-4-5-18-10(6-9)17-11(13(14,15)16)8(3)12(18)19/h4-7H,1-3H3. The number of fused-ring (bicyclic) bond motifs is 1. The van der Waals surface area contributed by atoms with Gasteiger partial charge >= 0.3 is 6.18 Å². The summed E-state index contributed by atoms with van der Waals surface area (Å²) in [4.78, 5) is 15.5. The van der Waals surface area contributed by atoms with E-state index in [0.717, 1.165) is 16.9 Å². The zero-order chi connectivity index (χ0) is 14.4. The van der Waals surface area contributed by atoms with Crippen LogP contribution in [0.2, 0.25) is 0 Å². The highest BCUT2D eigenvalue weighted by Crippen LogP contribution is 2.29. The van der Waals surface area contributed by atoms with Crippen molar-refractivity contribution in [1.82, 2.24) is 9.38 Å². The maximum Gasteiger partial charge on any atom is 0.433 e. The first kappa shape index (κ1) is 13.6. The molecule has 0 bridgehead atoms. The summed E-state index contributed by atoms with van der Waals surface area (Å²) in [5, 5.41) is 0. The largest absolute Gasteiger partial charge is 0.433 e. The molecule has 3 nitrogen and oxygen atoms in total. The molecule has 0 unspecified atom stereocenters. The van der Waals surface area contributed by atoms with Gasteiger partial charge in [0.25, 0.3) is 5.56 Å². The van der Waals surface area contributed by atoms with E-state index in [4.69, 9.17) is 0 Å². The third-order valence-corrected chi connectivity index (χ3v) is 3.01. The van der Waals surface area contributed by atoms with Gasteiger partial charge in [0.1, 0.15) is 5.65 Å². The quantitative estimate of drug-likeness (QED) is 0.797. The molecule has 0 aliphatic carbocycles. The Morgan fingerprint density at radius 2 is 1.95 bits per heavy atom. The van der Waals surface area contributed by atoms with Crippen LogP contribution in [0.3, 0.4) is 0 Å². The van der Waals surface area contributed by atoms with E-state index in [9.17, 15) is 18.0 Å². The van der Waals surface area contributed by atoms with E-state index < -0.39 is 17.4 Å². The van der Waals surface area contributed by atoms with E-state index in [1.54, 1.807) is 6.07 Å². The van der Waals surface area contributed by atoms with Crippen molar-refractivity contribution in [3.05, 3.63) is 45.5 Å². The first-order valence-corrected chi connectivity index (χ1v) is 5.82. The summed E-state index contributed by atoms with van der Waals surface area (Å²) in [5.41, 5.74) is -1.33. The Bertz CT molecular complexity index is 687. The van der Waals surface area contributed by atoms with E-state index in [1.165, 1.54) is 12.3 Å². The number of hydrogen-bond acceptors (Lipinski definition) is 2. The number of hydrogen-bond donors (Lipinski definition) is 0. The van der Waals surface area contributed by atoms with Crippen LogP contribution >= 0.6 is 0 Å². The molecule has 2 rings (SSSR count). The predicted molar refractivity (Wildman–Crippen MR) is 65.3 cm³/mol. The molecule has 2 aromatic rings. The fraction of sp³-hybridized carbons (Fsp3) is 0.385. The molecule has 6 heteroatoms. The normalized spacial score (nSPS) is 12.4. The Kier molecular flexibility index (Phi) is 3.12. The third-order valence-electron chi connectivity index (χ3n) is 3.01. The second-order valence-corrected chi connectivity index (χ2v) is 4.73. The molecule has 102 valence electrons. The maximum absolute atomic E-state index is 12.8. The van der Waals surface area contributed by atoms with Crippen molar-refractivity contribution in [2.75, 3.05) is 0 Å². The SMILES string of the molecule is Cc1c(C(F)(F)F)nc2cc(C(C)C)ccn2c1=O. The monoisotopic (exact) mass is 270 g/mol. The van der Waals surface area contributed by atoms with Gasteiger partial charge in [-0.1, -0.05) is 13.8 Å². The Morgan fingerprint density at radius 1 is 1.32 bits per heavy atom. The molecular formula is C13H13F3N2O. The molecule has 2 heterocycles. The Hall–Kier alpha value is -1.85. The number of aromatic nitrogens is 2. The number of pyridine rings is 1. The van der Waals surface area contributed by atoms with Gasteiger partial charge < -0.3 is 0 Å². The predicted octanol–water partition coefficient (Wildman–Crippen LogP) is 3.15. The minimum Gasteiger partial charge on any atom is -0.269 e. The molecule has 0 atom stereocenters. The second kappa shape index (κ2) is 4.36. The van der Waals surface area contributed by atoms with E-state index in [0.29, 0.717) is 0 Å². The average molecular weight is 270 g/mol. The molecule has 0 aliphatic rings. The highest BCUT2D eigenvalue weighted by Gasteiger charge is 2.36. The molecule has 0 radical (unpaired) electrons. The van der Waals surface area contributed by atoms with E-state index in [2.05, 4.69) is 4.98 Å². The van der Waals surface area contributed by atoms with E-state index >= 15 is 0 Å². The number of alkyl halides is 3. The molecule has 0 aromatic carbocycles. The number of rotatable bonds is 1. The molecule has 0 amide bonds. The van der Waals surface area contributed by atoms with Crippen molar-refractivity contribution in [3.8, 4) is 0 Å². The summed E-state index contributed by atoms with van der Waals surface area (Å²) in [6.45, 7) is 4.98. The van der Waals surface area contributed by atoms with Gasteiger partial charge in [-0.2, -0.15) is 13.2 Å². The second-order valence-electron chi connectivity index (χ2n) is 4.73. The van der Waals surface area contributed by atoms with Gasteiger partial charge in [-0.25, -0.2) is 4.98 Å². The van der Waals surface area contributed by atoms with Crippen LogP contribution in [0.25, 0.3) is 5.65 Å². The van der Waals surface area contributed by atoms with Crippen LogP contribution in [0.15, 0.2) is 23.1 Å². The van der Waals surface area contributed by atoms with Crippen LogP contribution in [-0.4, -0.2) is 9.38 Å². The van der Waals surface area contributed by atoms with Crippen molar-refractivity contribution >= 4 is 5.65 Å². The molecule has 0 saturated carbocycles. The zero-order valence-corrected chi connectivity index (χ0v) is 10.7.